The van der Waals surface area contributed by atoms with Gasteiger partial charge in [0.2, 0.25) is 0 Å². The van der Waals surface area contributed by atoms with Gasteiger partial charge >= 0.3 is 0 Å². The summed E-state index contributed by atoms with van der Waals surface area (Å²) in [6, 6.07) is 9.69. The summed E-state index contributed by atoms with van der Waals surface area (Å²) >= 11 is 2.77. The van der Waals surface area contributed by atoms with Crippen LogP contribution in [0.5, 0.6) is 0 Å². The summed E-state index contributed by atoms with van der Waals surface area (Å²) in [4.78, 5) is 24.3. The predicted octanol–water partition coefficient (Wildman–Crippen LogP) is 5.35. The Kier molecular flexibility index (Phi) is 6.58. The topological polar surface area (TPSA) is 96.7 Å². The van der Waals surface area contributed by atoms with Crippen LogP contribution >= 0.6 is 23.1 Å². The summed E-state index contributed by atoms with van der Waals surface area (Å²) in [5.74, 6) is 0.434. The molecule has 0 aliphatic rings. The third-order valence-corrected chi connectivity index (χ3v) is 7.83. The van der Waals surface area contributed by atoms with Crippen LogP contribution in [0.15, 0.2) is 40.0 Å². The third-order valence-electron chi connectivity index (χ3n) is 5.74. The molecule has 0 radical (unpaired) electrons. The van der Waals surface area contributed by atoms with Crippen molar-refractivity contribution in [1.29, 1.82) is 5.26 Å². The summed E-state index contributed by atoms with van der Waals surface area (Å²) in [7, 11) is 1.82. The van der Waals surface area contributed by atoms with Crippen LogP contribution < -0.4 is 5.56 Å². The lowest BCUT2D eigenvalue weighted by Crippen LogP contribution is -2.23. The predicted molar refractivity (Wildman–Crippen MR) is 135 cm³/mol. The number of fused-ring (bicyclic) bond motifs is 2. The molecule has 0 bridgehead atoms. The molecule has 3 aromatic heterocycles. The highest BCUT2D eigenvalue weighted by Gasteiger charge is 2.20. The number of allylic oxidation sites excluding steroid dienone is 1. The number of unbranched alkanes of at least 4 members (excludes halogenated alkanes) is 1. The van der Waals surface area contributed by atoms with Gasteiger partial charge in [-0.25, -0.2) is 9.97 Å². The van der Waals surface area contributed by atoms with E-state index in [1.807, 2.05) is 45.2 Å². The molecule has 1 aromatic carbocycles. The molecule has 0 aliphatic carbocycles. The number of aliphatic hydroxyl groups is 1. The molecule has 4 rings (SSSR count). The number of hydrogen-bond acceptors (Lipinski definition) is 7. The number of thioether (sulfide) groups is 1. The van der Waals surface area contributed by atoms with Crippen molar-refractivity contribution in [3.05, 3.63) is 56.6 Å². The minimum Gasteiger partial charge on any atom is -0.510 e. The zero-order chi connectivity index (χ0) is 23.7. The molecular formula is C24H25N5O2S2. The monoisotopic (exact) mass is 479 g/mol. The summed E-state index contributed by atoms with van der Waals surface area (Å²) in [5.41, 5.74) is 2.69. The fourth-order valence-corrected chi connectivity index (χ4v) is 5.72. The average molecular weight is 480 g/mol. The van der Waals surface area contributed by atoms with Gasteiger partial charge in [-0.15, -0.1) is 11.3 Å². The summed E-state index contributed by atoms with van der Waals surface area (Å²) in [5, 5.41) is 21.9. The highest BCUT2D eigenvalue weighted by Crippen LogP contribution is 2.30. The van der Waals surface area contributed by atoms with Gasteiger partial charge in [-0.1, -0.05) is 37.2 Å². The molecule has 0 atom stereocenters. The van der Waals surface area contributed by atoms with Gasteiger partial charge in [-0.05, 0) is 38.0 Å². The number of benzene rings is 1. The molecule has 4 aromatic rings. The maximum Gasteiger partial charge on any atom is 0.263 e. The summed E-state index contributed by atoms with van der Waals surface area (Å²) in [6.45, 7) is 6.59. The van der Waals surface area contributed by atoms with Gasteiger partial charge in [0.1, 0.15) is 22.2 Å². The van der Waals surface area contributed by atoms with Crippen molar-refractivity contribution < 1.29 is 5.11 Å². The first-order chi connectivity index (χ1) is 15.9. The van der Waals surface area contributed by atoms with E-state index in [1.165, 1.54) is 23.1 Å². The van der Waals surface area contributed by atoms with Crippen LogP contribution in [0.25, 0.3) is 26.8 Å². The second-order valence-corrected chi connectivity index (χ2v) is 10.0. The molecule has 0 fully saturated rings. The maximum atomic E-state index is 13.3. The summed E-state index contributed by atoms with van der Waals surface area (Å²) < 4.78 is 3.50. The Morgan fingerprint density at radius 3 is 2.73 bits per heavy atom. The smallest absolute Gasteiger partial charge is 0.263 e. The second kappa shape index (κ2) is 9.41. The molecule has 7 nitrogen and oxygen atoms in total. The van der Waals surface area contributed by atoms with Gasteiger partial charge in [0.15, 0.2) is 11.0 Å². The van der Waals surface area contributed by atoms with E-state index in [0.717, 1.165) is 34.3 Å². The molecule has 0 unspecified atom stereocenters. The van der Waals surface area contributed by atoms with E-state index in [1.54, 1.807) is 9.13 Å². The number of aromatic nitrogens is 4. The molecule has 9 heteroatoms. The van der Waals surface area contributed by atoms with Crippen LogP contribution in [0, 0.1) is 25.2 Å². The van der Waals surface area contributed by atoms with Gasteiger partial charge in [0.05, 0.1) is 22.2 Å². The van der Waals surface area contributed by atoms with Crippen LogP contribution in [0.3, 0.4) is 0 Å². The Balaban J connectivity index is 1.73. The Hall–Kier alpha value is -3.09. The molecule has 0 amide bonds. The van der Waals surface area contributed by atoms with E-state index in [2.05, 4.69) is 18.0 Å². The van der Waals surface area contributed by atoms with Crippen LogP contribution in [0.4, 0.5) is 0 Å². The van der Waals surface area contributed by atoms with Crippen molar-refractivity contribution in [2.75, 3.05) is 5.75 Å². The molecule has 0 aliphatic heterocycles. The fourth-order valence-electron chi connectivity index (χ4n) is 3.75. The number of nitrogens with zero attached hydrogens (tertiary/aromatic N) is 5. The average Bonchev–Trinajstić information content (AvgIpc) is 3.28. The molecule has 0 saturated heterocycles. The number of hydrogen-bond donors (Lipinski definition) is 1. The van der Waals surface area contributed by atoms with Crippen LogP contribution in [-0.4, -0.2) is 30.0 Å². The van der Waals surface area contributed by atoms with Crippen molar-refractivity contribution in [2.45, 2.75) is 45.3 Å². The van der Waals surface area contributed by atoms with Crippen molar-refractivity contribution >= 4 is 49.9 Å². The Bertz CT molecular complexity index is 1490. The lowest BCUT2D eigenvalue weighted by Gasteiger charge is -2.12. The molecule has 0 saturated carbocycles. The number of imidazole rings is 1. The fraction of sp³-hybridized carbons (Fsp3) is 0.333. The number of rotatable bonds is 7. The normalized spacial score (nSPS) is 12.3. The Morgan fingerprint density at radius 2 is 2.03 bits per heavy atom. The minimum absolute atomic E-state index is 0.0443. The summed E-state index contributed by atoms with van der Waals surface area (Å²) in [6.07, 6.45) is 1.81. The van der Waals surface area contributed by atoms with Crippen molar-refractivity contribution in [2.24, 2.45) is 7.05 Å². The van der Waals surface area contributed by atoms with Gasteiger partial charge in [0.25, 0.3) is 5.56 Å². The first-order valence-electron chi connectivity index (χ1n) is 10.7. The largest absolute Gasteiger partial charge is 0.510 e. The van der Waals surface area contributed by atoms with E-state index >= 15 is 0 Å². The molecule has 3 heterocycles. The molecular weight excluding hydrogens is 454 g/mol. The van der Waals surface area contributed by atoms with Crippen molar-refractivity contribution in [3.8, 4) is 6.07 Å². The lowest BCUT2D eigenvalue weighted by atomic mass is 10.2. The third kappa shape index (κ3) is 4.16. The van der Waals surface area contributed by atoms with E-state index in [9.17, 15) is 15.2 Å². The van der Waals surface area contributed by atoms with Gasteiger partial charge < -0.3 is 9.67 Å². The first kappa shape index (κ1) is 23.1. The highest BCUT2D eigenvalue weighted by atomic mass is 32.2. The quantitative estimate of drug-likeness (QED) is 0.166. The molecule has 0 spiro atoms. The van der Waals surface area contributed by atoms with Gasteiger partial charge in [-0.3, -0.25) is 9.36 Å². The van der Waals surface area contributed by atoms with Gasteiger partial charge in [0, 0.05) is 18.5 Å². The lowest BCUT2D eigenvalue weighted by molar-refractivity contribution is 0.420. The Morgan fingerprint density at radius 1 is 1.27 bits per heavy atom. The zero-order valence-corrected chi connectivity index (χ0v) is 20.7. The maximum absolute atomic E-state index is 13.3. The molecule has 170 valence electrons. The number of aryl methyl sites for hydroxylation is 3. The number of thiophene rings is 1. The van der Waals surface area contributed by atoms with Crippen molar-refractivity contribution in [1.82, 2.24) is 19.1 Å². The standard InChI is InChI=1S/C24H25N5O2S2/c1-5-6-11-29-23(31)20-14(2)15(3)33-22(20)27-24(29)32-13-19(30)16(12-25)21-26-17-9-7-8-10-18(17)28(21)4/h7-10,30H,5-6,11,13H2,1-4H3/b19-16+. The van der Waals surface area contributed by atoms with Crippen LogP contribution in [0.1, 0.15) is 36.0 Å². The Labute approximate surface area is 200 Å². The van der Waals surface area contributed by atoms with E-state index in [-0.39, 0.29) is 22.6 Å². The highest BCUT2D eigenvalue weighted by molar-refractivity contribution is 7.99. The number of aliphatic hydroxyl groups excluding tert-OH is 1. The van der Waals surface area contributed by atoms with Crippen molar-refractivity contribution in [3.63, 3.8) is 0 Å². The van der Waals surface area contributed by atoms with E-state index in [4.69, 9.17) is 4.98 Å². The SMILES string of the molecule is CCCCn1c(SC/C(O)=C(/C#N)c2nc3ccccc3n2C)nc2sc(C)c(C)c2c1=O. The second-order valence-electron chi connectivity index (χ2n) is 7.87. The van der Waals surface area contributed by atoms with Crippen LogP contribution in [0.2, 0.25) is 0 Å². The zero-order valence-electron chi connectivity index (χ0n) is 19.0. The van der Waals surface area contributed by atoms with E-state index < -0.39 is 0 Å². The van der Waals surface area contributed by atoms with E-state index in [0.29, 0.717) is 27.7 Å². The molecule has 1 N–H and O–H groups in total. The van der Waals surface area contributed by atoms with Crippen LogP contribution in [-0.2, 0) is 13.6 Å². The first-order valence-corrected chi connectivity index (χ1v) is 12.5. The number of para-hydroxylation sites is 2. The minimum atomic E-state index is -0.0872. The molecule has 33 heavy (non-hydrogen) atoms. The number of nitriles is 1. The van der Waals surface area contributed by atoms with Gasteiger partial charge in [-0.2, -0.15) is 5.26 Å².